The van der Waals surface area contributed by atoms with Crippen LogP contribution in [0.1, 0.15) is 33.1 Å². The van der Waals surface area contributed by atoms with Crippen LogP contribution in [0.25, 0.3) is 0 Å². The molecule has 1 saturated heterocycles. The van der Waals surface area contributed by atoms with Gasteiger partial charge in [0.15, 0.2) is 0 Å². The van der Waals surface area contributed by atoms with Gasteiger partial charge < -0.3 is 9.84 Å². The highest BCUT2D eigenvalue weighted by atomic mass is 16.5. The SMILES string of the molecule is CC1(C)CCC(O)C(N2CCOCC2)C1. The molecule has 1 aliphatic carbocycles. The van der Waals surface area contributed by atoms with Gasteiger partial charge in [0, 0.05) is 19.1 Å². The van der Waals surface area contributed by atoms with E-state index in [0.29, 0.717) is 11.5 Å². The van der Waals surface area contributed by atoms with Gasteiger partial charge in [-0.1, -0.05) is 13.8 Å². The van der Waals surface area contributed by atoms with Crippen molar-refractivity contribution in [3.63, 3.8) is 0 Å². The summed E-state index contributed by atoms with van der Waals surface area (Å²) in [5, 5.41) is 10.1. The summed E-state index contributed by atoms with van der Waals surface area (Å²) >= 11 is 0. The average molecular weight is 213 g/mol. The number of ether oxygens (including phenoxy) is 1. The van der Waals surface area contributed by atoms with Gasteiger partial charge in [0.2, 0.25) is 0 Å². The summed E-state index contributed by atoms with van der Waals surface area (Å²) in [7, 11) is 0. The first-order valence-corrected chi connectivity index (χ1v) is 6.08. The molecular formula is C12H23NO2. The lowest BCUT2D eigenvalue weighted by Crippen LogP contribution is -2.52. The lowest BCUT2D eigenvalue weighted by Gasteiger charge is -2.45. The van der Waals surface area contributed by atoms with Crippen molar-refractivity contribution >= 4 is 0 Å². The second kappa shape index (κ2) is 4.40. The summed E-state index contributed by atoms with van der Waals surface area (Å²) in [4.78, 5) is 2.41. The molecule has 0 radical (unpaired) electrons. The molecule has 2 rings (SSSR count). The smallest absolute Gasteiger partial charge is 0.0695 e. The van der Waals surface area contributed by atoms with Crippen molar-refractivity contribution in [1.82, 2.24) is 4.90 Å². The Morgan fingerprint density at radius 2 is 1.93 bits per heavy atom. The average Bonchev–Trinajstić information content (AvgIpc) is 2.23. The molecule has 15 heavy (non-hydrogen) atoms. The molecule has 1 saturated carbocycles. The van der Waals surface area contributed by atoms with E-state index >= 15 is 0 Å². The topological polar surface area (TPSA) is 32.7 Å². The van der Waals surface area contributed by atoms with E-state index in [0.717, 1.165) is 45.6 Å². The van der Waals surface area contributed by atoms with Crippen molar-refractivity contribution in [3.05, 3.63) is 0 Å². The largest absolute Gasteiger partial charge is 0.391 e. The van der Waals surface area contributed by atoms with Crippen LogP contribution in [0.5, 0.6) is 0 Å². The Balaban J connectivity index is 1.98. The fourth-order valence-corrected chi connectivity index (χ4v) is 2.82. The first-order chi connectivity index (χ1) is 7.08. The van der Waals surface area contributed by atoms with Crippen molar-refractivity contribution < 1.29 is 9.84 Å². The van der Waals surface area contributed by atoms with E-state index in [9.17, 15) is 5.11 Å². The Hall–Kier alpha value is -0.120. The van der Waals surface area contributed by atoms with E-state index in [4.69, 9.17) is 4.74 Å². The Kier molecular flexibility index (Phi) is 3.33. The zero-order valence-electron chi connectivity index (χ0n) is 9.91. The summed E-state index contributed by atoms with van der Waals surface area (Å²) in [6, 6.07) is 0.359. The first-order valence-electron chi connectivity index (χ1n) is 6.08. The van der Waals surface area contributed by atoms with Gasteiger partial charge in [0.25, 0.3) is 0 Å². The molecule has 1 aliphatic heterocycles. The third-order valence-corrected chi connectivity index (χ3v) is 3.84. The highest BCUT2D eigenvalue weighted by Crippen LogP contribution is 2.37. The number of aliphatic hydroxyl groups is 1. The maximum Gasteiger partial charge on any atom is 0.0695 e. The summed E-state index contributed by atoms with van der Waals surface area (Å²) < 4.78 is 5.35. The Bertz CT molecular complexity index is 212. The van der Waals surface area contributed by atoms with Gasteiger partial charge in [-0.3, -0.25) is 4.90 Å². The van der Waals surface area contributed by atoms with Crippen LogP contribution in [0.15, 0.2) is 0 Å². The summed E-state index contributed by atoms with van der Waals surface area (Å²) in [5.41, 5.74) is 0.391. The third kappa shape index (κ3) is 2.71. The second-order valence-corrected chi connectivity index (χ2v) is 5.69. The molecule has 0 spiro atoms. The van der Waals surface area contributed by atoms with E-state index in [1.165, 1.54) is 0 Å². The molecule has 2 atom stereocenters. The van der Waals surface area contributed by atoms with E-state index in [1.807, 2.05) is 0 Å². The molecule has 1 N–H and O–H groups in total. The van der Waals surface area contributed by atoms with Gasteiger partial charge in [-0.15, -0.1) is 0 Å². The van der Waals surface area contributed by atoms with Gasteiger partial charge in [-0.2, -0.15) is 0 Å². The maximum atomic E-state index is 10.1. The monoisotopic (exact) mass is 213 g/mol. The van der Waals surface area contributed by atoms with Crippen LogP contribution in [0.2, 0.25) is 0 Å². The molecule has 2 aliphatic rings. The lowest BCUT2D eigenvalue weighted by atomic mass is 9.73. The van der Waals surface area contributed by atoms with Crippen molar-refractivity contribution in [2.24, 2.45) is 5.41 Å². The fraction of sp³-hybridized carbons (Fsp3) is 1.00. The quantitative estimate of drug-likeness (QED) is 0.712. The van der Waals surface area contributed by atoms with Crippen molar-refractivity contribution in [2.75, 3.05) is 26.3 Å². The van der Waals surface area contributed by atoms with E-state index in [2.05, 4.69) is 18.7 Å². The molecule has 2 fully saturated rings. The number of nitrogens with zero attached hydrogens (tertiary/aromatic N) is 1. The molecule has 0 aromatic rings. The molecule has 3 heteroatoms. The summed E-state index contributed by atoms with van der Waals surface area (Å²) in [5.74, 6) is 0. The zero-order valence-corrected chi connectivity index (χ0v) is 9.91. The number of rotatable bonds is 1. The normalized spacial score (nSPS) is 37.8. The number of morpholine rings is 1. The second-order valence-electron chi connectivity index (χ2n) is 5.69. The molecule has 2 unspecified atom stereocenters. The Labute approximate surface area is 92.4 Å². The van der Waals surface area contributed by atoms with Crippen LogP contribution < -0.4 is 0 Å². The predicted octanol–water partition coefficient (Wildman–Crippen LogP) is 1.26. The van der Waals surface area contributed by atoms with Gasteiger partial charge in [-0.25, -0.2) is 0 Å². The molecule has 1 heterocycles. The van der Waals surface area contributed by atoms with Crippen LogP contribution in [0, 0.1) is 5.41 Å². The van der Waals surface area contributed by atoms with E-state index < -0.39 is 0 Å². The number of aliphatic hydroxyl groups excluding tert-OH is 1. The molecule has 0 amide bonds. The molecule has 3 nitrogen and oxygen atoms in total. The minimum Gasteiger partial charge on any atom is -0.391 e. The van der Waals surface area contributed by atoms with Crippen LogP contribution >= 0.6 is 0 Å². The first kappa shape index (κ1) is 11.4. The van der Waals surface area contributed by atoms with Gasteiger partial charge in [-0.05, 0) is 24.7 Å². The van der Waals surface area contributed by atoms with E-state index in [1.54, 1.807) is 0 Å². The van der Waals surface area contributed by atoms with Crippen LogP contribution in [0.3, 0.4) is 0 Å². The Morgan fingerprint density at radius 1 is 1.27 bits per heavy atom. The maximum absolute atomic E-state index is 10.1. The molecular weight excluding hydrogens is 190 g/mol. The summed E-state index contributed by atoms with van der Waals surface area (Å²) in [6.07, 6.45) is 3.09. The van der Waals surface area contributed by atoms with Crippen molar-refractivity contribution in [1.29, 1.82) is 0 Å². The highest BCUT2D eigenvalue weighted by molar-refractivity contribution is 4.91. The number of hydrogen-bond donors (Lipinski definition) is 1. The molecule has 0 aromatic carbocycles. The molecule has 88 valence electrons. The van der Waals surface area contributed by atoms with Crippen molar-refractivity contribution in [2.45, 2.75) is 45.3 Å². The van der Waals surface area contributed by atoms with Crippen LogP contribution in [-0.4, -0.2) is 48.5 Å². The van der Waals surface area contributed by atoms with Crippen LogP contribution in [-0.2, 0) is 4.74 Å². The van der Waals surface area contributed by atoms with Gasteiger partial charge in [0.05, 0.1) is 19.3 Å². The van der Waals surface area contributed by atoms with Gasteiger partial charge in [0.1, 0.15) is 0 Å². The molecule has 0 bridgehead atoms. The Morgan fingerprint density at radius 3 is 2.60 bits per heavy atom. The minimum atomic E-state index is -0.129. The summed E-state index contributed by atoms with van der Waals surface area (Å²) in [6.45, 7) is 8.24. The minimum absolute atomic E-state index is 0.129. The van der Waals surface area contributed by atoms with Crippen LogP contribution in [0.4, 0.5) is 0 Å². The number of hydrogen-bond acceptors (Lipinski definition) is 3. The zero-order chi connectivity index (χ0) is 10.9. The predicted molar refractivity (Wildman–Crippen MR) is 59.8 cm³/mol. The third-order valence-electron chi connectivity index (χ3n) is 3.84. The van der Waals surface area contributed by atoms with E-state index in [-0.39, 0.29) is 6.10 Å². The van der Waals surface area contributed by atoms with Crippen molar-refractivity contribution in [3.8, 4) is 0 Å². The standard InChI is InChI=1S/C12H23NO2/c1-12(2)4-3-11(14)10(9-12)13-5-7-15-8-6-13/h10-11,14H,3-9H2,1-2H3. The fourth-order valence-electron chi connectivity index (χ4n) is 2.82. The molecule has 0 aromatic heterocycles. The highest BCUT2D eigenvalue weighted by Gasteiger charge is 2.37. The van der Waals surface area contributed by atoms with Gasteiger partial charge >= 0.3 is 0 Å². The lowest BCUT2D eigenvalue weighted by molar-refractivity contribution is -0.0569.